The highest BCUT2D eigenvalue weighted by atomic mass is 19.4. The molecule has 6 nitrogen and oxygen atoms in total. The van der Waals surface area contributed by atoms with E-state index in [1.54, 1.807) is 18.2 Å². The first-order chi connectivity index (χ1) is 15.4. The molecule has 1 saturated heterocycles. The maximum absolute atomic E-state index is 13.0. The average Bonchev–Trinajstić information content (AvgIpc) is 3.35. The number of nitrogens with one attached hydrogen (secondary N) is 1. The van der Waals surface area contributed by atoms with Gasteiger partial charge in [-0.05, 0) is 30.3 Å². The van der Waals surface area contributed by atoms with Gasteiger partial charge in [0.15, 0.2) is 11.5 Å². The lowest BCUT2D eigenvalue weighted by Crippen LogP contribution is -2.31. The minimum atomic E-state index is -5.06. The molecular weight excluding hydrogens is 458 g/mol. The van der Waals surface area contributed by atoms with E-state index >= 15 is 0 Å². The molecule has 2 aliphatic rings. The zero-order valence-corrected chi connectivity index (χ0v) is 16.7. The van der Waals surface area contributed by atoms with Gasteiger partial charge in [-0.25, -0.2) is 0 Å². The van der Waals surface area contributed by atoms with Crippen molar-refractivity contribution >= 4 is 17.5 Å². The van der Waals surface area contributed by atoms with Crippen LogP contribution in [-0.2, 0) is 17.1 Å². The number of rotatable bonds is 4. The molecule has 12 heteroatoms. The molecule has 0 spiro atoms. The zero-order chi connectivity index (χ0) is 24.0. The third kappa shape index (κ3) is 4.83. The molecule has 0 bridgehead atoms. The van der Waals surface area contributed by atoms with Gasteiger partial charge in [-0.2, -0.15) is 26.3 Å². The Hall–Kier alpha value is -3.44. The van der Waals surface area contributed by atoms with Gasteiger partial charge in [-0.1, -0.05) is 0 Å². The van der Waals surface area contributed by atoms with Crippen LogP contribution < -0.4 is 19.7 Å². The minimum Gasteiger partial charge on any atom is -0.454 e. The van der Waals surface area contributed by atoms with Crippen LogP contribution in [0.5, 0.6) is 11.5 Å². The Morgan fingerprint density at radius 3 is 2.24 bits per heavy atom. The molecule has 2 aromatic carbocycles. The molecule has 2 heterocycles. The molecule has 0 aromatic heterocycles. The van der Waals surface area contributed by atoms with Gasteiger partial charge < -0.3 is 19.7 Å². The van der Waals surface area contributed by atoms with Crippen molar-refractivity contribution in [3.8, 4) is 11.5 Å². The summed E-state index contributed by atoms with van der Waals surface area (Å²) in [6, 6.07) is 5.62. The van der Waals surface area contributed by atoms with Gasteiger partial charge >= 0.3 is 12.4 Å². The maximum Gasteiger partial charge on any atom is 0.416 e. The topological polar surface area (TPSA) is 67.9 Å². The van der Waals surface area contributed by atoms with Crippen LogP contribution in [0.15, 0.2) is 36.4 Å². The summed E-state index contributed by atoms with van der Waals surface area (Å²) in [4.78, 5) is 26.2. The molecule has 2 amide bonds. The molecule has 176 valence electrons. The molecule has 1 atom stereocenters. The normalized spacial score (nSPS) is 18.1. The van der Waals surface area contributed by atoms with Crippen molar-refractivity contribution < 1.29 is 45.4 Å². The summed E-state index contributed by atoms with van der Waals surface area (Å²) in [5, 5.41) is 2.34. The predicted molar refractivity (Wildman–Crippen MR) is 102 cm³/mol. The van der Waals surface area contributed by atoms with E-state index in [-0.39, 0.29) is 44.2 Å². The number of benzene rings is 2. The number of carbonyl (C=O) groups is 2. The fourth-order valence-electron chi connectivity index (χ4n) is 3.65. The summed E-state index contributed by atoms with van der Waals surface area (Å²) in [5.41, 5.74) is -3.38. The van der Waals surface area contributed by atoms with E-state index < -0.39 is 35.0 Å². The minimum absolute atomic E-state index is 0.0460. The second-order valence-corrected chi connectivity index (χ2v) is 7.62. The largest absolute Gasteiger partial charge is 0.454 e. The SMILES string of the molecule is O=C(NCC1CC(=O)N(c2ccc3c(c2)OCO3)C1)c1cc(C(F)(F)F)cc(C(F)(F)F)c1. The first kappa shape index (κ1) is 22.7. The average molecular weight is 474 g/mol. The van der Waals surface area contributed by atoms with Crippen LogP contribution in [0.25, 0.3) is 0 Å². The Kier molecular flexibility index (Phi) is 5.62. The van der Waals surface area contributed by atoms with E-state index in [0.29, 0.717) is 29.3 Å². The van der Waals surface area contributed by atoms with E-state index in [1.807, 2.05) is 0 Å². The van der Waals surface area contributed by atoms with Crippen molar-refractivity contribution in [1.82, 2.24) is 5.32 Å². The van der Waals surface area contributed by atoms with Crippen LogP contribution in [0.2, 0.25) is 0 Å². The number of fused-ring (bicyclic) bond motifs is 1. The van der Waals surface area contributed by atoms with Crippen LogP contribution in [0.3, 0.4) is 0 Å². The molecule has 2 aliphatic heterocycles. The van der Waals surface area contributed by atoms with Gasteiger partial charge in [0.1, 0.15) is 0 Å². The Balaban J connectivity index is 1.44. The predicted octanol–water partition coefficient (Wildman–Crippen LogP) is 4.24. The third-order valence-electron chi connectivity index (χ3n) is 5.27. The Morgan fingerprint density at radius 2 is 1.61 bits per heavy atom. The lowest BCUT2D eigenvalue weighted by atomic mass is 10.0. The van der Waals surface area contributed by atoms with Crippen molar-refractivity contribution in [2.75, 3.05) is 24.8 Å². The number of hydrogen-bond donors (Lipinski definition) is 1. The number of hydrogen-bond acceptors (Lipinski definition) is 4. The van der Waals surface area contributed by atoms with Gasteiger partial charge in [-0.3, -0.25) is 9.59 Å². The van der Waals surface area contributed by atoms with Crippen LogP contribution >= 0.6 is 0 Å². The summed E-state index contributed by atoms with van der Waals surface area (Å²) in [7, 11) is 0. The van der Waals surface area contributed by atoms with Crippen molar-refractivity contribution in [1.29, 1.82) is 0 Å². The fourth-order valence-corrected chi connectivity index (χ4v) is 3.65. The summed E-state index contributed by atoms with van der Waals surface area (Å²) in [6.45, 7) is 0.158. The molecule has 1 unspecified atom stereocenters. The number of halogens is 6. The first-order valence-corrected chi connectivity index (χ1v) is 9.69. The highest BCUT2D eigenvalue weighted by molar-refractivity contribution is 5.97. The highest BCUT2D eigenvalue weighted by Crippen LogP contribution is 2.38. The van der Waals surface area contributed by atoms with E-state index in [0.717, 1.165) is 0 Å². The number of anilines is 1. The van der Waals surface area contributed by atoms with Gasteiger partial charge in [0.2, 0.25) is 12.7 Å². The smallest absolute Gasteiger partial charge is 0.416 e. The Morgan fingerprint density at radius 1 is 0.970 bits per heavy atom. The lowest BCUT2D eigenvalue weighted by Gasteiger charge is -2.18. The van der Waals surface area contributed by atoms with Gasteiger partial charge in [0, 0.05) is 42.7 Å². The molecule has 0 aliphatic carbocycles. The summed E-state index contributed by atoms with van der Waals surface area (Å²) >= 11 is 0. The number of nitrogens with zero attached hydrogens (tertiary/aromatic N) is 1. The number of carbonyl (C=O) groups excluding carboxylic acids is 2. The molecule has 1 fully saturated rings. The standard InChI is InChI=1S/C21H16F6N2O4/c22-20(23,24)13-4-12(5-14(6-13)21(25,26)27)19(31)28-8-11-3-18(30)29(9-11)15-1-2-16-17(7-15)33-10-32-16/h1-2,4-7,11H,3,8-10H2,(H,28,31). The number of amides is 2. The van der Waals surface area contributed by atoms with Crippen LogP contribution in [0, 0.1) is 5.92 Å². The lowest BCUT2D eigenvalue weighted by molar-refractivity contribution is -0.143. The van der Waals surface area contributed by atoms with Crippen molar-refractivity contribution in [3.63, 3.8) is 0 Å². The molecule has 1 N–H and O–H groups in total. The molecule has 0 saturated carbocycles. The van der Waals surface area contributed by atoms with Gasteiger partial charge in [0.25, 0.3) is 5.91 Å². The molecule has 4 rings (SSSR count). The van der Waals surface area contributed by atoms with Crippen molar-refractivity contribution in [2.45, 2.75) is 18.8 Å². The molecule has 2 aromatic rings. The quantitative estimate of drug-likeness (QED) is 0.674. The zero-order valence-electron chi connectivity index (χ0n) is 16.7. The summed E-state index contributed by atoms with van der Waals surface area (Å²) in [5.74, 6) is -0.720. The molecule has 0 radical (unpaired) electrons. The van der Waals surface area contributed by atoms with Crippen molar-refractivity contribution in [2.24, 2.45) is 5.92 Å². The van der Waals surface area contributed by atoms with E-state index in [9.17, 15) is 35.9 Å². The fraction of sp³-hybridized carbons (Fsp3) is 0.333. The van der Waals surface area contributed by atoms with E-state index in [2.05, 4.69) is 5.32 Å². The second-order valence-electron chi connectivity index (χ2n) is 7.62. The van der Waals surface area contributed by atoms with Gasteiger partial charge in [0.05, 0.1) is 11.1 Å². The van der Waals surface area contributed by atoms with Crippen LogP contribution in [-0.4, -0.2) is 31.7 Å². The van der Waals surface area contributed by atoms with Crippen molar-refractivity contribution in [3.05, 3.63) is 53.1 Å². The first-order valence-electron chi connectivity index (χ1n) is 9.69. The Bertz CT molecular complexity index is 1070. The van der Waals surface area contributed by atoms with E-state index in [4.69, 9.17) is 9.47 Å². The number of alkyl halides is 6. The monoisotopic (exact) mass is 474 g/mol. The maximum atomic E-state index is 13.0. The molecular formula is C21H16F6N2O4. The Labute approximate surface area is 183 Å². The number of ether oxygens (including phenoxy) is 2. The van der Waals surface area contributed by atoms with Crippen LogP contribution in [0.1, 0.15) is 27.9 Å². The van der Waals surface area contributed by atoms with E-state index in [1.165, 1.54) is 4.90 Å². The van der Waals surface area contributed by atoms with Gasteiger partial charge in [-0.15, -0.1) is 0 Å². The summed E-state index contributed by atoms with van der Waals surface area (Å²) in [6.07, 6.45) is -10.1. The third-order valence-corrected chi connectivity index (χ3v) is 5.27. The summed E-state index contributed by atoms with van der Waals surface area (Å²) < 4.78 is 88.5. The second kappa shape index (κ2) is 8.16. The van der Waals surface area contributed by atoms with Crippen LogP contribution in [0.4, 0.5) is 32.0 Å². The highest BCUT2D eigenvalue weighted by Gasteiger charge is 2.38. The molecule has 33 heavy (non-hydrogen) atoms.